The SMILES string of the molecule is CCCC[C@@H](CC(=O)NC(CCC)C(=O)O)NC(=O)OCC1c2ccccc2-c2ccccc21. The molecule has 182 valence electrons. The summed E-state index contributed by atoms with van der Waals surface area (Å²) in [5, 5.41) is 14.7. The first-order valence-corrected chi connectivity index (χ1v) is 12.1. The van der Waals surface area contributed by atoms with Crippen LogP contribution in [0.15, 0.2) is 48.5 Å². The zero-order valence-corrected chi connectivity index (χ0v) is 19.9. The molecule has 2 atom stereocenters. The number of fused-ring (bicyclic) bond motifs is 3. The minimum absolute atomic E-state index is 0.0116. The molecule has 0 saturated carbocycles. The van der Waals surface area contributed by atoms with Gasteiger partial charge in [-0.3, -0.25) is 4.79 Å². The number of rotatable bonds is 12. The maximum atomic E-state index is 12.7. The molecule has 2 aromatic rings. The Labute approximate surface area is 200 Å². The van der Waals surface area contributed by atoms with Crippen LogP contribution in [0.5, 0.6) is 0 Å². The fraction of sp³-hybridized carbons (Fsp3) is 0.444. The third-order valence-electron chi connectivity index (χ3n) is 6.21. The highest BCUT2D eigenvalue weighted by atomic mass is 16.5. The Balaban J connectivity index is 1.60. The topological polar surface area (TPSA) is 105 Å². The Hall–Kier alpha value is -3.35. The van der Waals surface area contributed by atoms with Gasteiger partial charge in [0.05, 0.1) is 0 Å². The number of hydrogen-bond donors (Lipinski definition) is 3. The van der Waals surface area contributed by atoms with Gasteiger partial charge in [-0.15, -0.1) is 0 Å². The molecule has 0 heterocycles. The number of carbonyl (C=O) groups excluding carboxylic acids is 2. The molecule has 1 aliphatic rings. The van der Waals surface area contributed by atoms with Crippen molar-refractivity contribution in [2.45, 2.75) is 70.4 Å². The van der Waals surface area contributed by atoms with E-state index in [0.29, 0.717) is 19.3 Å². The van der Waals surface area contributed by atoms with Crippen molar-refractivity contribution in [1.82, 2.24) is 10.6 Å². The standard InChI is InChI=1S/C27H34N2O5/c1-3-5-11-18(16-25(30)29-24(10-4-2)26(31)32)28-27(33)34-17-23-21-14-8-6-12-19(21)20-13-7-9-15-22(20)23/h6-9,12-15,18,23-24H,3-5,10-11,16-17H2,1-2H3,(H,28,33)(H,29,30)(H,31,32)/t18-,24?/m0/s1. The molecule has 2 amide bonds. The highest BCUT2D eigenvalue weighted by Gasteiger charge is 2.29. The Bertz CT molecular complexity index is 961. The minimum Gasteiger partial charge on any atom is -0.480 e. The van der Waals surface area contributed by atoms with E-state index in [1.165, 1.54) is 0 Å². The number of carboxylic acid groups (broad SMARTS) is 1. The number of nitrogens with one attached hydrogen (secondary N) is 2. The van der Waals surface area contributed by atoms with E-state index in [0.717, 1.165) is 35.1 Å². The maximum Gasteiger partial charge on any atom is 0.407 e. The van der Waals surface area contributed by atoms with Gasteiger partial charge < -0.3 is 20.5 Å². The largest absolute Gasteiger partial charge is 0.480 e. The average Bonchev–Trinajstić information content (AvgIpc) is 3.14. The molecule has 34 heavy (non-hydrogen) atoms. The number of carbonyl (C=O) groups is 3. The lowest BCUT2D eigenvalue weighted by molar-refractivity contribution is -0.142. The third kappa shape index (κ3) is 6.37. The summed E-state index contributed by atoms with van der Waals surface area (Å²) in [4.78, 5) is 36.5. The number of amides is 2. The number of carboxylic acids is 1. The van der Waals surface area contributed by atoms with Crippen LogP contribution < -0.4 is 10.6 Å². The van der Waals surface area contributed by atoms with Crippen LogP contribution in [-0.4, -0.2) is 41.8 Å². The van der Waals surface area contributed by atoms with Gasteiger partial charge in [-0.05, 0) is 35.1 Å². The van der Waals surface area contributed by atoms with Gasteiger partial charge in [-0.25, -0.2) is 9.59 Å². The number of alkyl carbamates (subject to hydrolysis) is 1. The summed E-state index contributed by atoms with van der Waals surface area (Å²) in [7, 11) is 0. The summed E-state index contributed by atoms with van der Waals surface area (Å²) < 4.78 is 5.61. The van der Waals surface area contributed by atoms with Crippen LogP contribution in [-0.2, 0) is 14.3 Å². The second kappa shape index (κ2) is 12.2. The molecule has 0 aromatic heterocycles. The van der Waals surface area contributed by atoms with E-state index < -0.39 is 24.1 Å². The lowest BCUT2D eigenvalue weighted by atomic mass is 9.98. The fourth-order valence-electron chi connectivity index (χ4n) is 4.51. The van der Waals surface area contributed by atoms with Crippen molar-refractivity contribution in [1.29, 1.82) is 0 Å². The average molecular weight is 467 g/mol. The Kier molecular flexibility index (Phi) is 9.08. The summed E-state index contributed by atoms with van der Waals surface area (Å²) >= 11 is 0. The lowest BCUT2D eigenvalue weighted by Gasteiger charge is -2.21. The molecule has 7 heteroatoms. The monoisotopic (exact) mass is 466 g/mol. The van der Waals surface area contributed by atoms with Gasteiger partial charge in [0.2, 0.25) is 5.91 Å². The van der Waals surface area contributed by atoms with E-state index in [9.17, 15) is 19.5 Å². The van der Waals surface area contributed by atoms with Crippen LogP contribution in [0, 0.1) is 0 Å². The van der Waals surface area contributed by atoms with Gasteiger partial charge in [0.25, 0.3) is 0 Å². The summed E-state index contributed by atoms with van der Waals surface area (Å²) in [5.41, 5.74) is 4.58. The number of ether oxygens (including phenoxy) is 1. The van der Waals surface area contributed by atoms with Gasteiger partial charge in [-0.1, -0.05) is 81.6 Å². The van der Waals surface area contributed by atoms with Crippen molar-refractivity contribution in [2.75, 3.05) is 6.61 Å². The summed E-state index contributed by atoms with van der Waals surface area (Å²) in [6.07, 6.45) is 2.81. The molecular formula is C27H34N2O5. The normalized spacial score (nSPS) is 13.9. The molecule has 3 rings (SSSR count). The lowest BCUT2D eigenvalue weighted by Crippen LogP contribution is -2.44. The molecule has 2 aromatic carbocycles. The molecule has 0 aliphatic heterocycles. The Morgan fingerprint density at radius 3 is 2.09 bits per heavy atom. The van der Waals surface area contributed by atoms with Gasteiger partial charge >= 0.3 is 12.1 Å². The van der Waals surface area contributed by atoms with Crippen molar-refractivity contribution in [3.63, 3.8) is 0 Å². The van der Waals surface area contributed by atoms with Crippen molar-refractivity contribution < 1.29 is 24.2 Å². The Morgan fingerprint density at radius 1 is 0.912 bits per heavy atom. The summed E-state index contributed by atoms with van der Waals surface area (Å²) in [6, 6.07) is 14.9. The Morgan fingerprint density at radius 2 is 1.53 bits per heavy atom. The van der Waals surface area contributed by atoms with Gasteiger partial charge in [0, 0.05) is 18.4 Å². The van der Waals surface area contributed by atoms with E-state index in [1.54, 1.807) is 0 Å². The molecule has 0 bridgehead atoms. The first kappa shape index (κ1) is 25.3. The molecule has 7 nitrogen and oxygen atoms in total. The molecule has 1 unspecified atom stereocenters. The third-order valence-corrected chi connectivity index (χ3v) is 6.21. The van der Waals surface area contributed by atoms with Crippen molar-refractivity contribution in [3.8, 4) is 11.1 Å². The first-order chi connectivity index (χ1) is 16.4. The molecular weight excluding hydrogens is 432 g/mol. The number of unbranched alkanes of at least 4 members (excludes halogenated alkanes) is 1. The van der Waals surface area contributed by atoms with Crippen LogP contribution in [0.3, 0.4) is 0 Å². The van der Waals surface area contributed by atoms with E-state index in [2.05, 4.69) is 34.9 Å². The van der Waals surface area contributed by atoms with Crippen LogP contribution in [0.2, 0.25) is 0 Å². The van der Waals surface area contributed by atoms with Gasteiger partial charge in [0.15, 0.2) is 0 Å². The maximum absolute atomic E-state index is 12.7. The summed E-state index contributed by atoms with van der Waals surface area (Å²) in [6.45, 7) is 4.10. The summed E-state index contributed by atoms with van der Waals surface area (Å²) in [5.74, 6) is -1.48. The fourth-order valence-corrected chi connectivity index (χ4v) is 4.51. The number of aliphatic carboxylic acids is 1. The molecule has 0 radical (unpaired) electrons. The number of benzene rings is 2. The predicted octanol–water partition coefficient (Wildman–Crippen LogP) is 4.84. The van der Waals surface area contributed by atoms with Crippen LogP contribution in [0.25, 0.3) is 11.1 Å². The minimum atomic E-state index is -1.05. The molecule has 1 aliphatic carbocycles. The highest BCUT2D eigenvalue weighted by molar-refractivity contribution is 5.84. The highest BCUT2D eigenvalue weighted by Crippen LogP contribution is 2.44. The zero-order chi connectivity index (χ0) is 24.5. The quantitative estimate of drug-likeness (QED) is 0.415. The smallest absolute Gasteiger partial charge is 0.407 e. The molecule has 0 fully saturated rings. The molecule has 0 saturated heterocycles. The van der Waals surface area contributed by atoms with Gasteiger partial charge in [0.1, 0.15) is 12.6 Å². The first-order valence-electron chi connectivity index (χ1n) is 12.1. The molecule has 0 spiro atoms. The zero-order valence-electron chi connectivity index (χ0n) is 19.9. The predicted molar refractivity (Wildman–Crippen MR) is 131 cm³/mol. The number of hydrogen-bond acceptors (Lipinski definition) is 4. The molecule has 3 N–H and O–H groups in total. The van der Waals surface area contributed by atoms with Crippen LogP contribution in [0.4, 0.5) is 4.79 Å². The van der Waals surface area contributed by atoms with Crippen molar-refractivity contribution in [3.05, 3.63) is 59.7 Å². The van der Waals surface area contributed by atoms with E-state index in [-0.39, 0.29) is 24.9 Å². The second-order valence-electron chi connectivity index (χ2n) is 8.76. The van der Waals surface area contributed by atoms with Crippen LogP contribution >= 0.6 is 0 Å². The van der Waals surface area contributed by atoms with Gasteiger partial charge in [-0.2, -0.15) is 0 Å². The van der Waals surface area contributed by atoms with E-state index in [1.807, 2.05) is 38.1 Å². The van der Waals surface area contributed by atoms with Crippen LogP contribution in [0.1, 0.15) is 69.4 Å². The van der Waals surface area contributed by atoms with E-state index in [4.69, 9.17) is 4.74 Å². The van der Waals surface area contributed by atoms with E-state index >= 15 is 0 Å². The second-order valence-corrected chi connectivity index (χ2v) is 8.76. The van der Waals surface area contributed by atoms with Crippen molar-refractivity contribution in [2.24, 2.45) is 0 Å². The van der Waals surface area contributed by atoms with Crippen molar-refractivity contribution >= 4 is 18.0 Å².